The highest BCUT2D eigenvalue weighted by atomic mass is 16.5. The highest BCUT2D eigenvalue weighted by Crippen LogP contribution is 2.14. The summed E-state index contributed by atoms with van der Waals surface area (Å²) in [6, 6.07) is -1.04. The number of ether oxygens (including phenoxy) is 1. The molecule has 6 nitrogen and oxygen atoms in total. The summed E-state index contributed by atoms with van der Waals surface area (Å²) >= 11 is 0. The summed E-state index contributed by atoms with van der Waals surface area (Å²) in [7, 11) is 0. The van der Waals surface area contributed by atoms with E-state index in [1.165, 1.54) is 109 Å². The lowest BCUT2D eigenvalue weighted by atomic mass is 10.0. The number of carboxylic acids is 1. The predicted octanol–water partition coefficient (Wildman–Crippen LogP) is 9.92. The molecule has 0 aliphatic rings. The number of unbranched alkanes of at least 4 members (excludes halogenated alkanes) is 20. The van der Waals surface area contributed by atoms with Crippen LogP contribution < -0.4 is 5.32 Å². The van der Waals surface area contributed by atoms with Crippen molar-refractivity contribution in [2.24, 2.45) is 5.92 Å². The average Bonchev–Trinajstić information content (AvgIpc) is 2.93. The molecule has 0 spiro atoms. The lowest BCUT2D eigenvalue weighted by Gasteiger charge is -2.14. The van der Waals surface area contributed by atoms with Gasteiger partial charge in [0, 0.05) is 12.8 Å². The van der Waals surface area contributed by atoms with Gasteiger partial charge in [-0.1, -0.05) is 156 Å². The van der Waals surface area contributed by atoms with Gasteiger partial charge in [-0.25, -0.2) is 4.79 Å². The minimum atomic E-state index is -1.10. The first-order valence-electron chi connectivity index (χ1n) is 17.5. The van der Waals surface area contributed by atoms with Crippen molar-refractivity contribution >= 4 is 17.8 Å². The molecule has 2 N–H and O–H groups in total. The van der Waals surface area contributed by atoms with E-state index in [2.05, 4.69) is 26.1 Å². The molecule has 0 saturated carbocycles. The summed E-state index contributed by atoms with van der Waals surface area (Å²) in [6.07, 6.45) is 28.9. The predicted molar refractivity (Wildman–Crippen MR) is 171 cm³/mol. The zero-order valence-electron chi connectivity index (χ0n) is 27.3. The molecule has 0 aromatic carbocycles. The molecular formula is C35H67NO5. The van der Waals surface area contributed by atoms with Crippen LogP contribution in [0.4, 0.5) is 0 Å². The molecule has 0 saturated heterocycles. The molecule has 6 heteroatoms. The van der Waals surface area contributed by atoms with Gasteiger partial charge < -0.3 is 15.2 Å². The molecule has 0 aromatic heterocycles. The number of esters is 1. The second-order valence-corrected chi connectivity index (χ2v) is 12.6. The summed E-state index contributed by atoms with van der Waals surface area (Å²) < 4.78 is 5.26. The van der Waals surface area contributed by atoms with Crippen LogP contribution in [0.15, 0.2) is 0 Å². The fraction of sp³-hybridized carbons (Fsp3) is 0.914. The average molecular weight is 582 g/mol. The zero-order chi connectivity index (χ0) is 30.4. The largest absolute Gasteiger partial charge is 0.480 e. The van der Waals surface area contributed by atoms with Gasteiger partial charge in [-0.3, -0.25) is 9.59 Å². The van der Waals surface area contributed by atoms with Crippen molar-refractivity contribution in [2.45, 2.75) is 194 Å². The maximum atomic E-state index is 12.2. The first-order valence-corrected chi connectivity index (χ1v) is 17.5. The van der Waals surface area contributed by atoms with Gasteiger partial charge in [0.2, 0.25) is 5.91 Å². The quantitative estimate of drug-likeness (QED) is 0.0628. The third-order valence-electron chi connectivity index (χ3n) is 7.97. The summed E-state index contributed by atoms with van der Waals surface area (Å²) in [4.78, 5) is 35.8. The van der Waals surface area contributed by atoms with Gasteiger partial charge in [0.15, 0.2) is 0 Å². The Morgan fingerprint density at radius 3 is 1.49 bits per heavy atom. The minimum absolute atomic E-state index is 0.00601. The van der Waals surface area contributed by atoms with E-state index in [0.717, 1.165) is 44.4 Å². The highest BCUT2D eigenvalue weighted by molar-refractivity contribution is 5.84. The SMILES string of the molecule is CCCCCCCCCCCCCCCCCC(=O)N[C@@H](CCC(=O)OCCCCCCCCCC(C)C)C(=O)O. The van der Waals surface area contributed by atoms with Gasteiger partial charge in [-0.2, -0.15) is 0 Å². The van der Waals surface area contributed by atoms with Crippen LogP contribution in [0.2, 0.25) is 0 Å². The Hall–Kier alpha value is -1.59. The Morgan fingerprint density at radius 2 is 1.02 bits per heavy atom. The monoisotopic (exact) mass is 582 g/mol. The van der Waals surface area contributed by atoms with E-state index in [9.17, 15) is 19.5 Å². The number of carbonyl (C=O) groups excluding carboxylic acids is 2. The summed E-state index contributed by atoms with van der Waals surface area (Å²) in [5.41, 5.74) is 0. The van der Waals surface area contributed by atoms with E-state index < -0.39 is 12.0 Å². The molecule has 0 aliphatic carbocycles. The second kappa shape index (κ2) is 29.9. The second-order valence-electron chi connectivity index (χ2n) is 12.6. The number of carbonyl (C=O) groups is 3. The third kappa shape index (κ3) is 29.7. The summed E-state index contributed by atoms with van der Waals surface area (Å²) in [5.74, 6) is -0.947. The number of carboxylic acid groups (broad SMARTS) is 1. The highest BCUT2D eigenvalue weighted by Gasteiger charge is 2.21. The Morgan fingerprint density at radius 1 is 0.585 bits per heavy atom. The summed E-state index contributed by atoms with van der Waals surface area (Å²) in [6.45, 7) is 7.18. The first-order chi connectivity index (χ1) is 19.9. The summed E-state index contributed by atoms with van der Waals surface area (Å²) in [5, 5.41) is 12.0. The Balaban J connectivity index is 3.66. The van der Waals surface area contributed by atoms with Crippen molar-refractivity contribution in [3.8, 4) is 0 Å². The van der Waals surface area contributed by atoms with E-state index in [0.29, 0.717) is 13.0 Å². The molecule has 242 valence electrons. The van der Waals surface area contributed by atoms with Crippen LogP contribution in [0.1, 0.15) is 188 Å². The standard InChI is InChI=1S/C35H67NO5/c1-4-5-6-7-8-9-10-11-12-13-14-15-18-21-24-27-33(37)36-32(35(39)40)28-29-34(38)41-30-25-22-19-16-17-20-23-26-31(2)3/h31-32H,4-30H2,1-3H3,(H,36,37)(H,39,40)/t32-/m0/s1. The van der Waals surface area contributed by atoms with E-state index in [1.54, 1.807) is 0 Å². The molecule has 0 unspecified atom stereocenters. The molecule has 0 heterocycles. The van der Waals surface area contributed by atoms with Crippen molar-refractivity contribution in [2.75, 3.05) is 6.61 Å². The molecule has 41 heavy (non-hydrogen) atoms. The molecule has 0 bridgehead atoms. The van der Waals surface area contributed by atoms with Crippen LogP contribution in [-0.4, -0.2) is 35.6 Å². The molecule has 0 aromatic rings. The molecule has 0 radical (unpaired) electrons. The minimum Gasteiger partial charge on any atom is -0.480 e. The normalized spacial score (nSPS) is 12.0. The Kier molecular flexibility index (Phi) is 28.7. The van der Waals surface area contributed by atoms with Crippen molar-refractivity contribution in [1.82, 2.24) is 5.32 Å². The molecule has 0 rings (SSSR count). The van der Waals surface area contributed by atoms with Gasteiger partial charge in [-0.15, -0.1) is 0 Å². The van der Waals surface area contributed by atoms with Crippen LogP contribution in [0.3, 0.4) is 0 Å². The topological polar surface area (TPSA) is 92.7 Å². The van der Waals surface area contributed by atoms with Crippen molar-refractivity contribution in [3.63, 3.8) is 0 Å². The Labute approximate surface area is 253 Å². The molecule has 0 fully saturated rings. The number of hydrogen-bond acceptors (Lipinski definition) is 4. The van der Waals surface area contributed by atoms with Crippen molar-refractivity contribution < 1.29 is 24.2 Å². The number of amides is 1. The molecule has 1 amide bonds. The van der Waals surface area contributed by atoms with Crippen molar-refractivity contribution in [3.05, 3.63) is 0 Å². The maximum Gasteiger partial charge on any atom is 0.326 e. The lowest BCUT2D eigenvalue weighted by Crippen LogP contribution is -2.41. The van der Waals surface area contributed by atoms with Crippen LogP contribution in [0, 0.1) is 5.92 Å². The van der Waals surface area contributed by atoms with Crippen molar-refractivity contribution in [1.29, 1.82) is 0 Å². The Bertz CT molecular complexity index is 622. The number of hydrogen-bond donors (Lipinski definition) is 2. The lowest BCUT2D eigenvalue weighted by molar-refractivity contribution is -0.145. The van der Waals surface area contributed by atoms with E-state index in [4.69, 9.17) is 4.74 Å². The first kappa shape index (κ1) is 39.4. The van der Waals surface area contributed by atoms with Crippen LogP contribution in [-0.2, 0) is 19.1 Å². The van der Waals surface area contributed by atoms with E-state index in [-0.39, 0.29) is 24.7 Å². The number of aliphatic carboxylic acids is 1. The third-order valence-corrected chi connectivity index (χ3v) is 7.97. The van der Waals surface area contributed by atoms with E-state index >= 15 is 0 Å². The zero-order valence-corrected chi connectivity index (χ0v) is 27.3. The van der Waals surface area contributed by atoms with Gasteiger partial charge in [0.05, 0.1) is 6.61 Å². The fourth-order valence-electron chi connectivity index (χ4n) is 5.24. The fourth-order valence-corrected chi connectivity index (χ4v) is 5.24. The molecule has 1 atom stereocenters. The maximum absolute atomic E-state index is 12.2. The van der Waals surface area contributed by atoms with Crippen LogP contribution in [0.5, 0.6) is 0 Å². The molecule has 0 aliphatic heterocycles. The van der Waals surface area contributed by atoms with Crippen LogP contribution >= 0.6 is 0 Å². The number of nitrogens with one attached hydrogen (secondary N) is 1. The van der Waals surface area contributed by atoms with Gasteiger partial charge in [-0.05, 0) is 25.2 Å². The van der Waals surface area contributed by atoms with Gasteiger partial charge in [0.25, 0.3) is 0 Å². The number of rotatable bonds is 31. The van der Waals surface area contributed by atoms with Gasteiger partial charge in [0.1, 0.15) is 6.04 Å². The van der Waals surface area contributed by atoms with Crippen LogP contribution in [0.25, 0.3) is 0 Å². The smallest absolute Gasteiger partial charge is 0.326 e. The van der Waals surface area contributed by atoms with E-state index in [1.807, 2.05) is 0 Å². The van der Waals surface area contributed by atoms with Gasteiger partial charge >= 0.3 is 11.9 Å². The molecular weight excluding hydrogens is 514 g/mol.